The van der Waals surface area contributed by atoms with E-state index in [9.17, 15) is 0 Å². The van der Waals surface area contributed by atoms with Crippen LogP contribution in [0.5, 0.6) is 0 Å². The first-order valence-electron chi connectivity index (χ1n) is 8.48. The zero-order chi connectivity index (χ0) is 15.1. The molecule has 2 aliphatic rings. The van der Waals surface area contributed by atoms with Crippen molar-refractivity contribution in [1.82, 2.24) is 5.32 Å². The summed E-state index contributed by atoms with van der Waals surface area (Å²) in [5, 5.41) is 4.80. The number of nitrogens with one attached hydrogen (secondary N) is 1. The SMILES string of the molecule is CCC1(CNC2c3cc(Cl)ccc3CC2(C)C)CCCC1. The lowest BCUT2D eigenvalue weighted by atomic mass is 9.81. The van der Waals surface area contributed by atoms with Gasteiger partial charge in [-0.05, 0) is 59.8 Å². The second-order valence-electron chi connectivity index (χ2n) is 7.88. The van der Waals surface area contributed by atoms with Crippen molar-refractivity contribution in [2.45, 2.75) is 65.3 Å². The second-order valence-corrected chi connectivity index (χ2v) is 8.32. The number of hydrogen-bond acceptors (Lipinski definition) is 1. The molecule has 1 aromatic rings. The van der Waals surface area contributed by atoms with Gasteiger partial charge in [0.1, 0.15) is 0 Å². The Kier molecular flexibility index (Phi) is 4.09. The van der Waals surface area contributed by atoms with Crippen LogP contribution in [-0.4, -0.2) is 6.54 Å². The molecule has 0 bridgehead atoms. The van der Waals surface area contributed by atoms with Crippen LogP contribution in [0.3, 0.4) is 0 Å². The maximum atomic E-state index is 6.24. The molecule has 0 aromatic heterocycles. The number of hydrogen-bond donors (Lipinski definition) is 1. The molecule has 21 heavy (non-hydrogen) atoms. The van der Waals surface area contributed by atoms with Gasteiger partial charge in [-0.1, -0.05) is 51.3 Å². The van der Waals surface area contributed by atoms with E-state index in [0.29, 0.717) is 11.5 Å². The largest absolute Gasteiger partial charge is 0.309 e. The van der Waals surface area contributed by atoms with Crippen molar-refractivity contribution in [2.75, 3.05) is 6.54 Å². The minimum atomic E-state index is 0.278. The number of rotatable bonds is 4. The summed E-state index contributed by atoms with van der Waals surface area (Å²) in [5.41, 5.74) is 3.72. The number of halogens is 1. The van der Waals surface area contributed by atoms with Gasteiger partial charge in [-0.2, -0.15) is 0 Å². The molecule has 0 spiro atoms. The van der Waals surface area contributed by atoms with E-state index in [1.165, 1.54) is 43.2 Å². The third kappa shape index (κ3) is 2.87. The van der Waals surface area contributed by atoms with Crippen LogP contribution in [-0.2, 0) is 6.42 Å². The smallest absolute Gasteiger partial charge is 0.0409 e. The molecule has 0 aliphatic heterocycles. The predicted octanol–water partition coefficient (Wildman–Crippen LogP) is 5.52. The normalized spacial score (nSPS) is 26.0. The zero-order valence-electron chi connectivity index (χ0n) is 13.6. The Balaban J connectivity index is 1.79. The monoisotopic (exact) mass is 305 g/mol. The van der Waals surface area contributed by atoms with Crippen LogP contribution in [0, 0.1) is 10.8 Å². The van der Waals surface area contributed by atoms with Gasteiger partial charge in [-0.15, -0.1) is 0 Å². The quantitative estimate of drug-likeness (QED) is 0.772. The van der Waals surface area contributed by atoms with Gasteiger partial charge in [0.05, 0.1) is 0 Å². The lowest BCUT2D eigenvalue weighted by Gasteiger charge is -2.34. The highest BCUT2D eigenvalue weighted by Crippen LogP contribution is 2.47. The van der Waals surface area contributed by atoms with Crippen molar-refractivity contribution in [3.63, 3.8) is 0 Å². The van der Waals surface area contributed by atoms with Crippen molar-refractivity contribution < 1.29 is 0 Å². The van der Waals surface area contributed by atoms with E-state index in [1.54, 1.807) is 0 Å². The molecule has 2 heteroatoms. The van der Waals surface area contributed by atoms with Crippen LogP contribution >= 0.6 is 11.6 Å². The number of benzene rings is 1. The van der Waals surface area contributed by atoms with Crippen LogP contribution in [0.4, 0.5) is 0 Å². The van der Waals surface area contributed by atoms with Gasteiger partial charge >= 0.3 is 0 Å². The minimum absolute atomic E-state index is 0.278. The first-order chi connectivity index (χ1) is 9.96. The standard InChI is InChI=1S/C19H28ClN/c1-4-19(9-5-6-10-19)13-21-17-16-11-15(20)8-7-14(16)12-18(17,2)3/h7-8,11,17,21H,4-6,9-10,12-13H2,1-3H3. The first-order valence-corrected chi connectivity index (χ1v) is 8.85. The maximum Gasteiger partial charge on any atom is 0.0409 e. The van der Waals surface area contributed by atoms with Gasteiger partial charge in [0.15, 0.2) is 0 Å². The molecule has 1 aromatic carbocycles. The Bertz CT molecular complexity index is 514. The molecule has 0 saturated heterocycles. The van der Waals surface area contributed by atoms with Crippen LogP contribution in [0.15, 0.2) is 18.2 Å². The predicted molar refractivity (Wildman–Crippen MR) is 90.9 cm³/mol. The van der Waals surface area contributed by atoms with Gasteiger partial charge < -0.3 is 5.32 Å². The summed E-state index contributed by atoms with van der Waals surface area (Å²) < 4.78 is 0. The summed E-state index contributed by atoms with van der Waals surface area (Å²) in [4.78, 5) is 0. The molecular formula is C19H28ClN. The molecule has 0 radical (unpaired) electrons. The van der Waals surface area contributed by atoms with E-state index >= 15 is 0 Å². The molecule has 116 valence electrons. The van der Waals surface area contributed by atoms with Crippen LogP contribution in [0.2, 0.25) is 5.02 Å². The summed E-state index contributed by atoms with van der Waals surface area (Å²) in [6, 6.07) is 6.86. The fourth-order valence-corrected chi connectivity index (χ4v) is 4.68. The van der Waals surface area contributed by atoms with E-state index in [-0.39, 0.29) is 5.41 Å². The lowest BCUT2D eigenvalue weighted by molar-refractivity contribution is 0.206. The molecule has 1 saturated carbocycles. The van der Waals surface area contributed by atoms with Crippen LogP contribution in [0.1, 0.15) is 70.0 Å². The average Bonchev–Trinajstić information content (AvgIpc) is 2.99. The Labute approximate surface area is 134 Å². The molecule has 1 nitrogen and oxygen atoms in total. The van der Waals surface area contributed by atoms with Gasteiger partial charge in [0.2, 0.25) is 0 Å². The summed E-state index contributed by atoms with van der Waals surface area (Å²) in [6.07, 6.45) is 8.06. The van der Waals surface area contributed by atoms with E-state index in [0.717, 1.165) is 18.0 Å². The van der Waals surface area contributed by atoms with Crippen molar-refractivity contribution in [3.05, 3.63) is 34.3 Å². The topological polar surface area (TPSA) is 12.0 Å². The third-order valence-electron chi connectivity index (χ3n) is 5.94. The summed E-state index contributed by atoms with van der Waals surface area (Å²) >= 11 is 6.24. The van der Waals surface area contributed by atoms with Gasteiger partial charge in [-0.25, -0.2) is 0 Å². The second kappa shape index (κ2) is 5.59. The van der Waals surface area contributed by atoms with Crippen LogP contribution < -0.4 is 5.32 Å². The van der Waals surface area contributed by atoms with E-state index < -0.39 is 0 Å². The first kappa shape index (κ1) is 15.4. The molecule has 3 rings (SSSR count). The molecule has 1 fully saturated rings. The molecular weight excluding hydrogens is 278 g/mol. The summed E-state index contributed by atoms with van der Waals surface area (Å²) in [5.74, 6) is 0. The maximum absolute atomic E-state index is 6.24. The molecule has 1 N–H and O–H groups in total. The van der Waals surface area contributed by atoms with Gasteiger partial charge in [-0.3, -0.25) is 0 Å². The third-order valence-corrected chi connectivity index (χ3v) is 6.18. The zero-order valence-corrected chi connectivity index (χ0v) is 14.4. The van der Waals surface area contributed by atoms with Gasteiger partial charge in [0, 0.05) is 17.6 Å². The highest BCUT2D eigenvalue weighted by Gasteiger charge is 2.40. The van der Waals surface area contributed by atoms with Crippen LogP contribution in [0.25, 0.3) is 0 Å². The fraction of sp³-hybridized carbons (Fsp3) is 0.684. The average molecular weight is 306 g/mol. The van der Waals surface area contributed by atoms with Crippen molar-refractivity contribution in [2.24, 2.45) is 10.8 Å². The van der Waals surface area contributed by atoms with E-state index in [2.05, 4.69) is 38.2 Å². The molecule has 0 heterocycles. The van der Waals surface area contributed by atoms with E-state index in [4.69, 9.17) is 11.6 Å². The minimum Gasteiger partial charge on any atom is -0.309 e. The fourth-order valence-electron chi connectivity index (χ4n) is 4.49. The van der Waals surface area contributed by atoms with Crippen molar-refractivity contribution in [3.8, 4) is 0 Å². The van der Waals surface area contributed by atoms with Crippen molar-refractivity contribution >= 4 is 11.6 Å². The Morgan fingerprint density at radius 2 is 1.95 bits per heavy atom. The summed E-state index contributed by atoms with van der Waals surface area (Å²) in [6.45, 7) is 8.28. The Morgan fingerprint density at radius 3 is 2.62 bits per heavy atom. The molecule has 2 aliphatic carbocycles. The van der Waals surface area contributed by atoms with Crippen molar-refractivity contribution in [1.29, 1.82) is 0 Å². The summed E-state index contributed by atoms with van der Waals surface area (Å²) in [7, 11) is 0. The van der Waals surface area contributed by atoms with E-state index in [1.807, 2.05) is 6.07 Å². The Hall–Kier alpha value is -0.530. The molecule has 1 unspecified atom stereocenters. The molecule has 0 amide bonds. The lowest BCUT2D eigenvalue weighted by Crippen LogP contribution is -2.38. The Morgan fingerprint density at radius 1 is 1.24 bits per heavy atom. The molecule has 1 atom stereocenters. The highest BCUT2D eigenvalue weighted by atomic mass is 35.5. The highest BCUT2D eigenvalue weighted by molar-refractivity contribution is 6.30. The van der Waals surface area contributed by atoms with Gasteiger partial charge in [0.25, 0.3) is 0 Å². The number of fused-ring (bicyclic) bond motifs is 1.